The summed E-state index contributed by atoms with van der Waals surface area (Å²) in [5, 5.41) is 3.20. The summed E-state index contributed by atoms with van der Waals surface area (Å²) >= 11 is 3.34. The van der Waals surface area contributed by atoms with Crippen molar-refractivity contribution < 1.29 is 13.2 Å². The second kappa shape index (κ2) is 5.83. The van der Waals surface area contributed by atoms with Crippen molar-refractivity contribution >= 4 is 31.7 Å². The lowest BCUT2D eigenvalue weighted by Gasteiger charge is -2.33. The second-order valence-corrected chi connectivity index (χ2v) is 8.21. The molecular formula is C13H17BrN2O3S. The molecule has 0 unspecified atom stereocenters. The first-order valence-corrected chi connectivity index (χ1v) is 8.88. The van der Waals surface area contributed by atoms with E-state index in [-0.39, 0.29) is 23.5 Å². The van der Waals surface area contributed by atoms with Gasteiger partial charge in [0.15, 0.2) is 9.84 Å². The van der Waals surface area contributed by atoms with Crippen molar-refractivity contribution in [3.63, 3.8) is 0 Å². The van der Waals surface area contributed by atoms with Gasteiger partial charge in [-0.05, 0) is 24.6 Å². The minimum absolute atomic E-state index is 0.0327. The van der Waals surface area contributed by atoms with E-state index >= 15 is 0 Å². The van der Waals surface area contributed by atoms with Gasteiger partial charge < -0.3 is 0 Å². The number of carbonyl (C=O) groups is 1. The molecule has 1 aromatic carbocycles. The largest absolute Gasteiger partial charge is 0.268 e. The second-order valence-electron chi connectivity index (χ2n) is 5.06. The fourth-order valence-electron chi connectivity index (χ4n) is 2.40. The smallest absolute Gasteiger partial charge is 0.268 e. The van der Waals surface area contributed by atoms with Crippen LogP contribution in [0.3, 0.4) is 0 Å². The third-order valence-electron chi connectivity index (χ3n) is 3.26. The number of hydrogen-bond donors (Lipinski definition) is 0. The van der Waals surface area contributed by atoms with Gasteiger partial charge in [-0.2, -0.15) is 0 Å². The quantitative estimate of drug-likeness (QED) is 0.767. The Morgan fingerprint density at radius 1 is 1.35 bits per heavy atom. The van der Waals surface area contributed by atoms with Crippen LogP contribution in [-0.4, -0.2) is 56.0 Å². The zero-order valence-electron chi connectivity index (χ0n) is 11.4. The van der Waals surface area contributed by atoms with Gasteiger partial charge in [0.25, 0.3) is 5.91 Å². The van der Waals surface area contributed by atoms with Crippen LogP contribution >= 0.6 is 15.9 Å². The molecule has 1 aromatic rings. The molecule has 20 heavy (non-hydrogen) atoms. The number of benzene rings is 1. The summed E-state index contributed by atoms with van der Waals surface area (Å²) in [4.78, 5) is 12.6. The van der Waals surface area contributed by atoms with Crippen molar-refractivity contribution in [2.75, 3.05) is 25.6 Å². The maximum Gasteiger partial charge on any atom is 0.268 e. The first kappa shape index (κ1) is 15.5. The maximum atomic E-state index is 12.6. The molecule has 7 heteroatoms. The molecule has 5 nitrogen and oxygen atoms in total. The molecular weight excluding hydrogens is 344 g/mol. The number of hydrazine groups is 1. The number of hydrogen-bond acceptors (Lipinski definition) is 4. The van der Waals surface area contributed by atoms with E-state index in [0.717, 1.165) is 4.47 Å². The fraction of sp³-hybridized carbons (Fsp3) is 0.462. The number of amides is 1. The Morgan fingerprint density at radius 3 is 2.55 bits per heavy atom. The summed E-state index contributed by atoms with van der Waals surface area (Å²) in [6.07, 6.45) is 0.486. The van der Waals surface area contributed by atoms with Gasteiger partial charge in [-0.3, -0.25) is 9.80 Å². The Balaban J connectivity index is 2.28. The number of halogens is 1. The van der Waals surface area contributed by atoms with E-state index in [1.54, 1.807) is 37.3 Å². The van der Waals surface area contributed by atoms with Crippen LogP contribution in [0.2, 0.25) is 0 Å². The third-order valence-corrected chi connectivity index (χ3v) is 5.51. The summed E-state index contributed by atoms with van der Waals surface area (Å²) in [5.41, 5.74) is 0.539. The normalized spacial score (nSPS) is 21.1. The van der Waals surface area contributed by atoms with Crippen LogP contribution in [0.4, 0.5) is 0 Å². The molecule has 1 heterocycles. The number of nitrogens with zero attached hydrogens (tertiary/aromatic N) is 2. The Hall–Kier alpha value is -0.920. The van der Waals surface area contributed by atoms with Gasteiger partial charge >= 0.3 is 0 Å². The van der Waals surface area contributed by atoms with Crippen LogP contribution in [0.25, 0.3) is 0 Å². The standard InChI is InChI=1S/C13H17BrN2O3S/c1-15(2)16(12-6-7-20(18,19)9-12)13(17)10-4-3-5-11(14)8-10/h3-5,8,12H,6-7,9H2,1-2H3/t12-/m1/s1. The molecule has 1 saturated heterocycles. The van der Waals surface area contributed by atoms with E-state index in [9.17, 15) is 13.2 Å². The highest BCUT2D eigenvalue weighted by atomic mass is 79.9. The van der Waals surface area contributed by atoms with E-state index in [1.807, 2.05) is 6.07 Å². The zero-order chi connectivity index (χ0) is 14.9. The van der Waals surface area contributed by atoms with Gasteiger partial charge in [-0.1, -0.05) is 22.0 Å². The Labute approximate surface area is 127 Å². The van der Waals surface area contributed by atoms with Gasteiger partial charge in [0.05, 0.1) is 17.5 Å². The van der Waals surface area contributed by atoms with Gasteiger partial charge in [0.1, 0.15) is 0 Å². The van der Waals surface area contributed by atoms with Crippen molar-refractivity contribution in [1.82, 2.24) is 10.0 Å². The zero-order valence-corrected chi connectivity index (χ0v) is 13.8. The molecule has 0 saturated carbocycles. The van der Waals surface area contributed by atoms with Crippen LogP contribution < -0.4 is 0 Å². The summed E-state index contributed by atoms with van der Waals surface area (Å²) in [5.74, 6) is -0.00278. The number of carbonyl (C=O) groups excluding carboxylic acids is 1. The topological polar surface area (TPSA) is 57.7 Å². The minimum atomic E-state index is -3.03. The highest BCUT2D eigenvalue weighted by Gasteiger charge is 2.36. The monoisotopic (exact) mass is 360 g/mol. The molecule has 1 amide bonds. The molecule has 0 aliphatic carbocycles. The molecule has 110 valence electrons. The molecule has 2 rings (SSSR count). The molecule has 0 radical (unpaired) electrons. The Morgan fingerprint density at radius 2 is 2.05 bits per heavy atom. The average molecular weight is 361 g/mol. The fourth-order valence-corrected chi connectivity index (χ4v) is 4.49. The van der Waals surface area contributed by atoms with E-state index < -0.39 is 9.84 Å². The predicted molar refractivity (Wildman–Crippen MR) is 81.1 cm³/mol. The van der Waals surface area contributed by atoms with Gasteiger partial charge in [-0.15, -0.1) is 0 Å². The molecule has 1 aliphatic rings. The highest BCUT2D eigenvalue weighted by Crippen LogP contribution is 2.22. The van der Waals surface area contributed by atoms with Crippen molar-refractivity contribution in [2.45, 2.75) is 12.5 Å². The summed E-state index contributed by atoms with van der Waals surface area (Å²) in [6, 6.07) is 6.81. The van der Waals surface area contributed by atoms with E-state index in [4.69, 9.17) is 0 Å². The lowest BCUT2D eigenvalue weighted by atomic mass is 10.1. The molecule has 0 N–H and O–H groups in total. The maximum absolute atomic E-state index is 12.6. The first-order valence-electron chi connectivity index (χ1n) is 6.27. The third kappa shape index (κ3) is 3.39. The van der Waals surface area contributed by atoms with Gasteiger partial charge in [-0.25, -0.2) is 13.4 Å². The molecule has 0 aromatic heterocycles. The highest BCUT2D eigenvalue weighted by molar-refractivity contribution is 9.10. The van der Waals surface area contributed by atoms with Crippen LogP contribution in [0, 0.1) is 0 Å². The molecule has 0 bridgehead atoms. The van der Waals surface area contributed by atoms with E-state index in [1.165, 1.54) is 5.01 Å². The number of sulfone groups is 1. The van der Waals surface area contributed by atoms with Crippen molar-refractivity contribution in [3.05, 3.63) is 34.3 Å². The summed E-state index contributed by atoms with van der Waals surface area (Å²) in [6.45, 7) is 0. The molecule has 1 fully saturated rings. The van der Waals surface area contributed by atoms with Crippen LogP contribution in [-0.2, 0) is 9.84 Å². The van der Waals surface area contributed by atoms with Crippen LogP contribution in [0.1, 0.15) is 16.8 Å². The van der Waals surface area contributed by atoms with Crippen LogP contribution in [0.5, 0.6) is 0 Å². The molecule has 0 spiro atoms. The van der Waals surface area contributed by atoms with Gasteiger partial charge in [0, 0.05) is 24.1 Å². The summed E-state index contributed by atoms with van der Waals surface area (Å²) in [7, 11) is 0.474. The van der Waals surface area contributed by atoms with Crippen molar-refractivity contribution in [2.24, 2.45) is 0 Å². The SMILES string of the molecule is CN(C)N(C(=O)c1cccc(Br)c1)[C@@H]1CCS(=O)(=O)C1. The molecule has 1 aliphatic heterocycles. The van der Waals surface area contributed by atoms with Gasteiger partial charge in [0.2, 0.25) is 0 Å². The van der Waals surface area contributed by atoms with E-state index in [2.05, 4.69) is 15.9 Å². The minimum Gasteiger partial charge on any atom is -0.268 e. The van der Waals surface area contributed by atoms with Crippen LogP contribution in [0.15, 0.2) is 28.7 Å². The lowest BCUT2D eigenvalue weighted by Crippen LogP contribution is -2.49. The Kier molecular flexibility index (Phi) is 4.51. The average Bonchev–Trinajstić information content (AvgIpc) is 2.69. The predicted octanol–water partition coefficient (Wildman–Crippen LogP) is 1.56. The Bertz CT molecular complexity index is 616. The molecule has 1 atom stereocenters. The summed E-state index contributed by atoms with van der Waals surface area (Å²) < 4.78 is 24.1. The lowest BCUT2D eigenvalue weighted by molar-refractivity contribution is 0.00101. The first-order chi connectivity index (χ1) is 9.30. The number of rotatable bonds is 3. The van der Waals surface area contributed by atoms with E-state index in [0.29, 0.717) is 12.0 Å². The van der Waals surface area contributed by atoms with Crippen molar-refractivity contribution in [3.8, 4) is 0 Å². The van der Waals surface area contributed by atoms with Crippen molar-refractivity contribution in [1.29, 1.82) is 0 Å².